The van der Waals surface area contributed by atoms with Crippen molar-refractivity contribution in [3.63, 3.8) is 0 Å². The summed E-state index contributed by atoms with van der Waals surface area (Å²) in [6, 6.07) is 10.2. The molecule has 148 valence electrons. The van der Waals surface area contributed by atoms with Gasteiger partial charge in [0.05, 0.1) is 25.6 Å². The zero-order valence-corrected chi connectivity index (χ0v) is 16.9. The number of hydrogen-bond acceptors (Lipinski definition) is 6. The fourth-order valence-electron chi connectivity index (χ4n) is 4.03. The standard InChI is InChI=1S/C20H24N4O3S/c1-3-27-19(26)15-9-11-23(12-10-15)16(14-7-5-4-6-8-14)17-18(25)24-20(28-17)21-13(2)22-24/h4-8,15-16,25H,3,9-12H2,1-2H3/p+1/t16-/m0/s1. The van der Waals surface area contributed by atoms with Crippen LogP contribution >= 0.6 is 11.3 Å². The number of carbonyl (C=O) groups is 1. The average molecular weight is 402 g/mol. The van der Waals surface area contributed by atoms with Gasteiger partial charge in [-0.05, 0) is 13.8 Å². The molecule has 1 aliphatic heterocycles. The van der Waals surface area contributed by atoms with Crippen molar-refractivity contribution in [2.24, 2.45) is 5.92 Å². The van der Waals surface area contributed by atoms with Gasteiger partial charge < -0.3 is 14.7 Å². The van der Waals surface area contributed by atoms with Gasteiger partial charge in [-0.3, -0.25) is 4.79 Å². The maximum absolute atomic E-state index is 12.1. The number of aromatic nitrogens is 3. The maximum Gasteiger partial charge on any atom is 0.309 e. The summed E-state index contributed by atoms with van der Waals surface area (Å²) in [5, 5.41) is 15.2. The van der Waals surface area contributed by atoms with E-state index in [9.17, 15) is 9.90 Å². The van der Waals surface area contributed by atoms with Crippen molar-refractivity contribution in [2.75, 3.05) is 19.7 Å². The lowest BCUT2D eigenvalue weighted by Crippen LogP contribution is -3.13. The van der Waals surface area contributed by atoms with Gasteiger partial charge in [0, 0.05) is 18.4 Å². The molecule has 0 unspecified atom stereocenters. The largest absolute Gasteiger partial charge is 0.492 e. The minimum Gasteiger partial charge on any atom is -0.492 e. The molecule has 3 heterocycles. The number of piperidine rings is 1. The van der Waals surface area contributed by atoms with Crippen LogP contribution in [-0.2, 0) is 9.53 Å². The van der Waals surface area contributed by atoms with E-state index < -0.39 is 0 Å². The molecule has 1 aromatic carbocycles. The predicted octanol–water partition coefficient (Wildman–Crippen LogP) is 1.75. The fraction of sp³-hybridized carbons (Fsp3) is 0.450. The first-order chi connectivity index (χ1) is 13.6. The molecule has 0 bridgehead atoms. The van der Waals surface area contributed by atoms with Crippen molar-refractivity contribution in [3.05, 3.63) is 46.6 Å². The van der Waals surface area contributed by atoms with Crippen LogP contribution in [0.2, 0.25) is 0 Å². The van der Waals surface area contributed by atoms with E-state index in [1.54, 1.807) is 0 Å². The number of esters is 1. The third-order valence-electron chi connectivity index (χ3n) is 5.36. The average Bonchev–Trinajstić information content (AvgIpc) is 3.21. The number of aromatic hydroxyl groups is 1. The smallest absolute Gasteiger partial charge is 0.309 e. The molecular weight excluding hydrogens is 376 g/mol. The van der Waals surface area contributed by atoms with Crippen molar-refractivity contribution < 1.29 is 19.5 Å². The van der Waals surface area contributed by atoms with Crippen LogP contribution in [0.4, 0.5) is 0 Å². The van der Waals surface area contributed by atoms with E-state index in [1.165, 1.54) is 20.8 Å². The van der Waals surface area contributed by atoms with Crippen LogP contribution in [0.3, 0.4) is 0 Å². The number of rotatable bonds is 5. The molecule has 28 heavy (non-hydrogen) atoms. The van der Waals surface area contributed by atoms with Crippen molar-refractivity contribution in [1.29, 1.82) is 0 Å². The Morgan fingerprint density at radius 3 is 2.71 bits per heavy atom. The van der Waals surface area contributed by atoms with Gasteiger partial charge in [0.15, 0.2) is 6.04 Å². The number of aryl methyl sites for hydroxylation is 1. The lowest BCUT2D eigenvalue weighted by Gasteiger charge is -2.33. The summed E-state index contributed by atoms with van der Waals surface area (Å²) in [7, 11) is 0. The van der Waals surface area contributed by atoms with Gasteiger partial charge in [0.1, 0.15) is 10.7 Å². The summed E-state index contributed by atoms with van der Waals surface area (Å²) in [5.41, 5.74) is 1.14. The molecule has 1 fully saturated rings. The number of nitrogens with zero attached hydrogens (tertiary/aromatic N) is 3. The Kier molecular flexibility index (Phi) is 5.32. The molecule has 3 aromatic rings. The third kappa shape index (κ3) is 3.49. The summed E-state index contributed by atoms with van der Waals surface area (Å²) in [4.78, 5) is 19.4. The molecule has 0 radical (unpaired) electrons. The number of carbonyl (C=O) groups excluding carboxylic acids is 1. The number of quaternary nitrogens is 1. The molecule has 7 nitrogen and oxygen atoms in total. The summed E-state index contributed by atoms with van der Waals surface area (Å²) in [5.74, 6) is 0.690. The monoisotopic (exact) mass is 401 g/mol. The third-order valence-corrected chi connectivity index (χ3v) is 6.44. The van der Waals surface area contributed by atoms with E-state index in [-0.39, 0.29) is 23.8 Å². The van der Waals surface area contributed by atoms with Crippen LogP contribution in [0.5, 0.6) is 5.88 Å². The second-order valence-corrected chi connectivity index (χ2v) is 8.18. The first-order valence-electron chi connectivity index (χ1n) is 9.69. The fourth-order valence-corrected chi connectivity index (χ4v) is 5.21. The number of hydrogen-bond donors (Lipinski definition) is 2. The number of fused-ring (bicyclic) bond motifs is 1. The summed E-state index contributed by atoms with van der Waals surface area (Å²) >= 11 is 1.48. The minimum absolute atomic E-state index is 0.0156. The number of nitrogens with one attached hydrogen (secondary N) is 1. The van der Waals surface area contributed by atoms with E-state index in [0.717, 1.165) is 36.4 Å². The second kappa shape index (κ2) is 7.89. The van der Waals surface area contributed by atoms with E-state index in [1.807, 2.05) is 32.0 Å². The van der Waals surface area contributed by atoms with Gasteiger partial charge in [0.2, 0.25) is 10.8 Å². The molecule has 0 amide bonds. The lowest BCUT2D eigenvalue weighted by molar-refractivity contribution is -0.930. The van der Waals surface area contributed by atoms with Crippen LogP contribution in [0.1, 0.15) is 42.1 Å². The molecule has 0 saturated carbocycles. The van der Waals surface area contributed by atoms with Crippen LogP contribution in [0.15, 0.2) is 30.3 Å². The summed E-state index contributed by atoms with van der Waals surface area (Å²) in [6.07, 6.45) is 1.58. The topological polar surface area (TPSA) is 81.2 Å². The van der Waals surface area contributed by atoms with Crippen molar-refractivity contribution >= 4 is 22.3 Å². The van der Waals surface area contributed by atoms with E-state index >= 15 is 0 Å². The van der Waals surface area contributed by atoms with Crippen LogP contribution in [-0.4, -0.2) is 45.4 Å². The zero-order valence-electron chi connectivity index (χ0n) is 16.1. The Balaban J connectivity index is 1.65. The molecule has 2 aromatic heterocycles. The van der Waals surface area contributed by atoms with Gasteiger partial charge in [-0.1, -0.05) is 41.7 Å². The summed E-state index contributed by atoms with van der Waals surface area (Å²) in [6.45, 7) is 5.77. The molecule has 0 aliphatic carbocycles. The Morgan fingerprint density at radius 1 is 1.36 bits per heavy atom. The normalized spacial score (nSPS) is 20.9. The first kappa shape index (κ1) is 18.9. The Bertz CT molecular complexity index is 961. The maximum atomic E-state index is 12.1. The van der Waals surface area contributed by atoms with Crippen LogP contribution < -0.4 is 4.90 Å². The van der Waals surface area contributed by atoms with Gasteiger partial charge in [-0.25, -0.2) is 4.98 Å². The molecule has 4 rings (SSSR count). The highest BCUT2D eigenvalue weighted by atomic mass is 32.1. The Morgan fingerprint density at radius 2 is 2.07 bits per heavy atom. The number of likely N-dealkylation sites (tertiary alicyclic amines) is 1. The Hall–Kier alpha value is -2.45. The van der Waals surface area contributed by atoms with Gasteiger partial charge in [0.25, 0.3) is 0 Å². The van der Waals surface area contributed by atoms with Crippen LogP contribution in [0.25, 0.3) is 4.96 Å². The van der Waals surface area contributed by atoms with E-state index in [0.29, 0.717) is 17.4 Å². The molecular formula is C20H25N4O3S+. The van der Waals surface area contributed by atoms with Crippen LogP contribution in [0, 0.1) is 12.8 Å². The first-order valence-corrected chi connectivity index (χ1v) is 10.5. The van der Waals surface area contributed by atoms with Gasteiger partial charge in [-0.15, -0.1) is 5.10 Å². The zero-order chi connectivity index (χ0) is 19.7. The van der Waals surface area contributed by atoms with E-state index in [4.69, 9.17) is 4.74 Å². The SMILES string of the molecule is CCOC(=O)C1CC[NH+]([C@@H](c2ccccc2)c2sc3nc(C)nn3c2O)CC1. The lowest BCUT2D eigenvalue weighted by atomic mass is 9.94. The Labute approximate surface area is 167 Å². The number of ether oxygens (including phenoxy) is 1. The van der Waals surface area contributed by atoms with Gasteiger partial charge >= 0.3 is 5.97 Å². The molecule has 8 heteroatoms. The van der Waals surface area contributed by atoms with Gasteiger partial charge in [-0.2, -0.15) is 4.52 Å². The number of benzene rings is 1. The van der Waals surface area contributed by atoms with Crippen molar-refractivity contribution in [1.82, 2.24) is 14.6 Å². The highest BCUT2D eigenvalue weighted by Crippen LogP contribution is 2.35. The number of thiazole rings is 1. The van der Waals surface area contributed by atoms with E-state index in [2.05, 4.69) is 22.2 Å². The molecule has 2 N–H and O–H groups in total. The minimum atomic E-state index is -0.0880. The highest BCUT2D eigenvalue weighted by molar-refractivity contribution is 7.17. The highest BCUT2D eigenvalue weighted by Gasteiger charge is 2.37. The quantitative estimate of drug-likeness (QED) is 0.637. The molecule has 1 saturated heterocycles. The molecule has 1 aliphatic rings. The summed E-state index contributed by atoms with van der Waals surface area (Å²) < 4.78 is 6.72. The second-order valence-electron chi connectivity index (χ2n) is 7.17. The molecule has 1 atom stereocenters. The van der Waals surface area contributed by atoms with Crippen molar-refractivity contribution in [2.45, 2.75) is 32.7 Å². The molecule has 0 spiro atoms. The van der Waals surface area contributed by atoms with Crippen molar-refractivity contribution in [3.8, 4) is 5.88 Å². The predicted molar refractivity (Wildman–Crippen MR) is 106 cm³/mol.